The van der Waals surface area contributed by atoms with Crippen molar-refractivity contribution < 1.29 is 27.0 Å². The molecule has 0 atom stereocenters. The Hall–Kier alpha value is -2.89. The number of fused-ring (bicyclic) bond motifs is 1. The fourth-order valence-corrected chi connectivity index (χ4v) is 4.74. The number of rotatable bonds is 12. The van der Waals surface area contributed by atoms with Crippen molar-refractivity contribution in [1.82, 2.24) is 14.4 Å². The van der Waals surface area contributed by atoms with Crippen LogP contribution in [-0.2, 0) is 26.3 Å². The number of carbonyl (C=O) groups excluding carboxylic acids is 2. The van der Waals surface area contributed by atoms with Gasteiger partial charge in [0, 0.05) is 31.5 Å². The number of unbranched alkanes of at least 4 members (excludes halogenated alkanes) is 2. The first kappa shape index (κ1) is 27.7. The largest absolute Gasteiger partial charge is 0.748 e. The van der Waals surface area contributed by atoms with Gasteiger partial charge in [0.05, 0.1) is 16.2 Å². The molecule has 0 bridgehead atoms. The Balaban J connectivity index is 1.92. The molecule has 1 saturated heterocycles. The number of allylic oxidation sites excluding steroid dienone is 2. The standard InChI is InChI=1S/C25H31N3O6S2/c1-3-5-15-27-23(29)19(24(30)28(25(27)35)16-6-4-2)11-9-14-22-26(17-10-18-36(31,32)33)20-12-7-8-13-21(20)34-22/h7-9,11-14H,3-6,10,15-18H2,1-2H3/b14-9+. The van der Waals surface area contributed by atoms with E-state index in [-0.39, 0.29) is 23.7 Å². The Morgan fingerprint density at radius 3 is 2.17 bits per heavy atom. The lowest BCUT2D eigenvalue weighted by Gasteiger charge is -2.36. The second kappa shape index (κ2) is 12.4. The molecule has 1 fully saturated rings. The zero-order chi connectivity index (χ0) is 26.3. The van der Waals surface area contributed by atoms with E-state index in [4.69, 9.17) is 16.6 Å². The van der Waals surface area contributed by atoms with Gasteiger partial charge in [-0.3, -0.25) is 24.0 Å². The number of thiocarbonyl (C=S) groups is 1. The maximum atomic E-state index is 13.1. The van der Waals surface area contributed by atoms with Gasteiger partial charge in [-0.05, 0) is 49.7 Å². The molecule has 1 aromatic heterocycles. The van der Waals surface area contributed by atoms with Gasteiger partial charge in [0.15, 0.2) is 10.6 Å². The fraction of sp³-hybridized carbons (Fsp3) is 0.440. The van der Waals surface area contributed by atoms with Gasteiger partial charge < -0.3 is 4.55 Å². The number of amides is 2. The first-order chi connectivity index (χ1) is 17.2. The van der Waals surface area contributed by atoms with E-state index >= 15 is 0 Å². The Labute approximate surface area is 216 Å². The minimum absolute atomic E-state index is 0.0205. The van der Waals surface area contributed by atoms with E-state index in [0.29, 0.717) is 24.6 Å². The SMILES string of the molecule is CCCCN1C(=O)C(=C/C=C/c2[o+]c3ccccc3n2CCCS(=O)(=O)[O-])C(=O)N(CCCC)C1=S. The number of hydrogen-bond donors (Lipinski definition) is 0. The fourth-order valence-electron chi connectivity index (χ4n) is 3.90. The first-order valence-corrected chi connectivity index (χ1v) is 14.1. The van der Waals surface area contributed by atoms with Crippen LogP contribution in [0.4, 0.5) is 0 Å². The maximum Gasteiger partial charge on any atom is 0.434 e. The van der Waals surface area contributed by atoms with Crippen molar-refractivity contribution in [2.24, 2.45) is 0 Å². The molecule has 0 aliphatic carbocycles. The lowest BCUT2D eigenvalue weighted by Crippen LogP contribution is -2.56. The van der Waals surface area contributed by atoms with E-state index < -0.39 is 27.7 Å². The average molecular weight is 534 g/mol. The van der Waals surface area contributed by atoms with Crippen LogP contribution in [0.15, 0.2) is 46.4 Å². The molecule has 0 saturated carbocycles. The monoisotopic (exact) mass is 533 g/mol. The third-order valence-electron chi connectivity index (χ3n) is 5.80. The van der Waals surface area contributed by atoms with E-state index in [1.54, 1.807) is 22.8 Å². The molecule has 9 nitrogen and oxygen atoms in total. The van der Waals surface area contributed by atoms with Crippen LogP contribution in [0.2, 0.25) is 0 Å². The van der Waals surface area contributed by atoms with Crippen molar-refractivity contribution in [3.63, 3.8) is 0 Å². The molecule has 194 valence electrons. The summed E-state index contributed by atoms with van der Waals surface area (Å²) < 4.78 is 40.8. The Morgan fingerprint density at radius 1 is 0.972 bits per heavy atom. The van der Waals surface area contributed by atoms with Crippen molar-refractivity contribution in [3.05, 3.63) is 47.9 Å². The number of para-hydroxylation sites is 2. The van der Waals surface area contributed by atoms with Crippen LogP contribution >= 0.6 is 12.2 Å². The molecule has 36 heavy (non-hydrogen) atoms. The topological polar surface area (TPSA) is 114 Å². The number of carbonyl (C=O) groups is 2. The molecule has 2 amide bonds. The van der Waals surface area contributed by atoms with Gasteiger partial charge in [-0.25, -0.2) is 8.42 Å². The summed E-state index contributed by atoms with van der Waals surface area (Å²) in [6.45, 7) is 5.17. The normalized spacial score (nSPS) is 15.1. The van der Waals surface area contributed by atoms with Gasteiger partial charge in [-0.15, -0.1) is 0 Å². The van der Waals surface area contributed by atoms with Crippen LogP contribution in [0.1, 0.15) is 51.8 Å². The molecule has 1 aliphatic rings. The zero-order valence-electron chi connectivity index (χ0n) is 20.5. The summed E-state index contributed by atoms with van der Waals surface area (Å²) in [5, 5.41) is 0.247. The maximum absolute atomic E-state index is 13.1. The van der Waals surface area contributed by atoms with Gasteiger partial charge in [0.2, 0.25) is 0 Å². The molecule has 0 unspecified atom stereocenters. The van der Waals surface area contributed by atoms with Crippen LogP contribution in [0, 0.1) is 0 Å². The van der Waals surface area contributed by atoms with E-state index in [1.807, 2.05) is 32.0 Å². The van der Waals surface area contributed by atoms with Gasteiger partial charge in [-0.1, -0.05) is 38.8 Å². The summed E-state index contributed by atoms with van der Waals surface area (Å²) in [6, 6.07) is 7.24. The smallest absolute Gasteiger partial charge is 0.434 e. The highest BCUT2D eigenvalue weighted by Gasteiger charge is 2.38. The van der Waals surface area contributed by atoms with Gasteiger partial charge >= 0.3 is 11.5 Å². The van der Waals surface area contributed by atoms with Gasteiger partial charge in [0.25, 0.3) is 11.8 Å². The number of hydrogen-bond acceptors (Lipinski definition) is 6. The molecular weight excluding hydrogens is 502 g/mol. The number of aromatic nitrogens is 1. The molecular formula is C25H31N3O6S2. The lowest BCUT2D eigenvalue weighted by molar-refractivity contribution is -0.133. The molecule has 1 aliphatic heterocycles. The quantitative estimate of drug-likeness (QED) is 0.133. The number of benzene rings is 1. The number of nitrogens with zero attached hydrogens (tertiary/aromatic N) is 3. The molecule has 1 aromatic carbocycles. The lowest BCUT2D eigenvalue weighted by atomic mass is 10.1. The molecule has 0 spiro atoms. The average Bonchev–Trinajstić information content (AvgIpc) is 3.18. The van der Waals surface area contributed by atoms with Crippen LogP contribution in [0.3, 0.4) is 0 Å². The summed E-state index contributed by atoms with van der Waals surface area (Å²) in [4.78, 5) is 29.2. The molecule has 0 N–H and O–H groups in total. The third kappa shape index (κ3) is 6.65. The van der Waals surface area contributed by atoms with Gasteiger partial charge in [-0.2, -0.15) is 4.42 Å². The molecule has 2 heterocycles. The van der Waals surface area contributed by atoms with Crippen LogP contribution in [-0.4, -0.2) is 63.1 Å². The summed E-state index contributed by atoms with van der Waals surface area (Å²) in [6.07, 6.45) is 8.06. The minimum atomic E-state index is -4.33. The van der Waals surface area contributed by atoms with E-state index in [9.17, 15) is 22.6 Å². The van der Waals surface area contributed by atoms with Crippen molar-refractivity contribution in [2.75, 3.05) is 18.8 Å². The zero-order valence-corrected chi connectivity index (χ0v) is 22.1. The van der Waals surface area contributed by atoms with Crippen molar-refractivity contribution in [3.8, 4) is 0 Å². The van der Waals surface area contributed by atoms with Crippen molar-refractivity contribution in [1.29, 1.82) is 0 Å². The van der Waals surface area contributed by atoms with E-state index in [1.165, 1.54) is 15.9 Å². The number of oxazole rings is 1. The molecule has 0 radical (unpaired) electrons. The highest BCUT2D eigenvalue weighted by atomic mass is 32.2. The van der Waals surface area contributed by atoms with Crippen molar-refractivity contribution in [2.45, 2.75) is 52.5 Å². The second-order valence-corrected chi connectivity index (χ2v) is 10.4. The highest BCUT2D eigenvalue weighted by molar-refractivity contribution is 7.85. The minimum Gasteiger partial charge on any atom is -0.748 e. The van der Waals surface area contributed by atoms with Crippen LogP contribution in [0.5, 0.6) is 0 Å². The first-order valence-electron chi connectivity index (χ1n) is 12.1. The Kier molecular flexibility index (Phi) is 9.52. The van der Waals surface area contributed by atoms with E-state index in [0.717, 1.165) is 31.2 Å². The third-order valence-corrected chi connectivity index (χ3v) is 7.03. The van der Waals surface area contributed by atoms with Gasteiger partial charge in [0.1, 0.15) is 5.57 Å². The predicted molar refractivity (Wildman–Crippen MR) is 141 cm³/mol. The predicted octanol–water partition coefficient (Wildman–Crippen LogP) is 3.95. The van der Waals surface area contributed by atoms with Crippen molar-refractivity contribution >= 4 is 56.4 Å². The van der Waals surface area contributed by atoms with Crippen LogP contribution in [0.25, 0.3) is 17.2 Å². The summed E-state index contributed by atoms with van der Waals surface area (Å²) in [5.41, 5.74) is 1.34. The summed E-state index contributed by atoms with van der Waals surface area (Å²) in [7, 11) is -4.33. The summed E-state index contributed by atoms with van der Waals surface area (Å²) >= 11 is 5.47. The van der Waals surface area contributed by atoms with E-state index in [2.05, 4.69) is 0 Å². The molecule has 11 heteroatoms. The van der Waals surface area contributed by atoms with Crippen LogP contribution < -0.4 is 0 Å². The molecule has 2 aromatic rings. The molecule has 3 rings (SSSR count). The second-order valence-electron chi connectivity index (χ2n) is 8.52. The number of aryl methyl sites for hydroxylation is 1. The highest BCUT2D eigenvalue weighted by Crippen LogP contribution is 2.23. The Morgan fingerprint density at radius 2 is 1.58 bits per heavy atom. The summed E-state index contributed by atoms with van der Waals surface area (Å²) in [5.74, 6) is -0.937. The Bertz CT molecular complexity index is 1260.